The lowest BCUT2D eigenvalue weighted by molar-refractivity contribution is 0.855. The zero-order valence-corrected chi connectivity index (χ0v) is 11.9. The minimum Gasteiger partial charge on any atom is -0.382 e. The Kier molecular flexibility index (Phi) is 2.75. The molecule has 18 heavy (non-hydrogen) atoms. The number of benzene rings is 1. The van der Waals surface area contributed by atoms with Gasteiger partial charge >= 0.3 is 0 Å². The smallest absolute Gasteiger partial charge is 0.150 e. The molecule has 1 aliphatic rings. The Morgan fingerprint density at radius 2 is 2.11 bits per heavy atom. The van der Waals surface area contributed by atoms with Gasteiger partial charge < -0.3 is 11.6 Å². The maximum absolute atomic E-state index is 6.03. The number of hydrogen-bond acceptors (Lipinski definition) is 3. The summed E-state index contributed by atoms with van der Waals surface area (Å²) >= 11 is 9.50. The second-order valence-electron chi connectivity index (χ2n) is 4.47. The zero-order valence-electron chi connectivity index (χ0n) is 9.53. The fraction of sp³-hybridized carbons (Fsp3) is 0.250. The molecule has 94 valence electrons. The lowest BCUT2D eigenvalue weighted by Gasteiger charge is -2.03. The van der Waals surface area contributed by atoms with Crippen molar-refractivity contribution in [2.24, 2.45) is 0 Å². The summed E-state index contributed by atoms with van der Waals surface area (Å²) in [4.78, 5) is 4.57. The van der Waals surface area contributed by atoms with Crippen molar-refractivity contribution in [1.29, 1.82) is 0 Å². The summed E-state index contributed by atoms with van der Waals surface area (Å²) in [7, 11) is 0. The number of rotatable bonds is 2. The van der Waals surface area contributed by atoms with Gasteiger partial charge in [0.1, 0.15) is 11.5 Å². The van der Waals surface area contributed by atoms with E-state index in [2.05, 4.69) is 20.9 Å². The molecule has 1 fully saturated rings. The van der Waals surface area contributed by atoms with Crippen molar-refractivity contribution < 1.29 is 0 Å². The minimum atomic E-state index is 0.448. The van der Waals surface area contributed by atoms with E-state index in [1.54, 1.807) is 0 Å². The second kappa shape index (κ2) is 4.17. The Morgan fingerprint density at radius 3 is 2.78 bits per heavy atom. The molecule has 4 N–H and O–H groups in total. The maximum Gasteiger partial charge on any atom is 0.150 e. The SMILES string of the molecule is Nc1c(-c2cc(Cl)ccc2Br)nc(C2CC2)n1N. The minimum absolute atomic E-state index is 0.448. The van der Waals surface area contributed by atoms with Crippen LogP contribution in [0.4, 0.5) is 5.82 Å². The molecule has 0 amide bonds. The summed E-state index contributed by atoms with van der Waals surface area (Å²) in [6.45, 7) is 0. The van der Waals surface area contributed by atoms with Crippen molar-refractivity contribution in [1.82, 2.24) is 9.66 Å². The third-order valence-corrected chi connectivity index (χ3v) is 4.03. The van der Waals surface area contributed by atoms with Crippen LogP contribution in [0, 0.1) is 0 Å². The molecule has 0 saturated heterocycles. The zero-order chi connectivity index (χ0) is 12.9. The first-order valence-electron chi connectivity index (χ1n) is 5.66. The molecule has 4 nitrogen and oxygen atoms in total. The number of aromatic nitrogens is 2. The Morgan fingerprint density at radius 1 is 1.39 bits per heavy atom. The van der Waals surface area contributed by atoms with Crippen molar-refractivity contribution >= 4 is 33.3 Å². The lowest BCUT2D eigenvalue weighted by atomic mass is 10.1. The second-order valence-corrected chi connectivity index (χ2v) is 5.76. The van der Waals surface area contributed by atoms with E-state index in [0.717, 1.165) is 28.7 Å². The Labute approximate surface area is 118 Å². The van der Waals surface area contributed by atoms with Crippen LogP contribution < -0.4 is 11.6 Å². The van der Waals surface area contributed by atoms with Crippen molar-refractivity contribution in [3.8, 4) is 11.3 Å². The number of halogens is 2. The molecular formula is C12H12BrClN4. The van der Waals surface area contributed by atoms with Crippen LogP contribution in [0.15, 0.2) is 22.7 Å². The van der Waals surface area contributed by atoms with Gasteiger partial charge in [-0.25, -0.2) is 9.66 Å². The molecule has 0 spiro atoms. The Bertz CT molecular complexity index is 619. The monoisotopic (exact) mass is 326 g/mol. The number of nitrogens with two attached hydrogens (primary N) is 2. The van der Waals surface area contributed by atoms with Crippen LogP contribution in [0.5, 0.6) is 0 Å². The predicted molar refractivity (Wildman–Crippen MR) is 76.9 cm³/mol. The highest BCUT2D eigenvalue weighted by Gasteiger charge is 2.30. The van der Waals surface area contributed by atoms with Gasteiger partial charge in [-0.1, -0.05) is 27.5 Å². The van der Waals surface area contributed by atoms with Crippen molar-refractivity contribution in [2.75, 3.05) is 11.6 Å². The molecule has 1 aromatic heterocycles. The number of nitrogen functional groups attached to an aromatic ring is 2. The van der Waals surface area contributed by atoms with Crippen LogP contribution in [-0.4, -0.2) is 9.66 Å². The average molecular weight is 328 g/mol. The summed E-state index contributed by atoms with van der Waals surface area (Å²) in [5.74, 6) is 7.73. The van der Waals surface area contributed by atoms with Gasteiger partial charge in [0.25, 0.3) is 0 Å². The topological polar surface area (TPSA) is 69.9 Å². The van der Waals surface area contributed by atoms with Crippen LogP contribution in [0.2, 0.25) is 5.02 Å². The van der Waals surface area contributed by atoms with E-state index in [4.69, 9.17) is 23.2 Å². The number of hydrogen-bond donors (Lipinski definition) is 2. The largest absolute Gasteiger partial charge is 0.382 e. The first kappa shape index (κ1) is 11.9. The summed E-state index contributed by atoms with van der Waals surface area (Å²) in [5, 5.41) is 0.646. The van der Waals surface area contributed by atoms with E-state index in [1.165, 1.54) is 4.68 Å². The van der Waals surface area contributed by atoms with Gasteiger partial charge in [-0.3, -0.25) is 0 Å². The van der Waals surface area contributed by atoms with E-state index < -0.39 is 0 Å². The fourth-order valence-electron chi connectivity index (χ4n) is 1.97. The van der Waals surface area contributed by atoms with E-state index >= 15 is 0 Å². The average Bonchev–Trinajstić information content (AvgIpc) is 3.13. The highest BCUT2D eigenvalue weighted by molar-refractivity contribution is 9.10. The van der Waals surface area contributed by atoms with E-state index in [-0.39, 0.29) is 0 Å². The van der Waals surface area contributed by atoms with Gasteiger partial charge in [0.2, 0.25) is 0 Å². The van der Waals surface area contributed by atoms with Crippen LogP contribution in [-0.2, 0) is 0 Å². The molecule has 1 aromatic carbocycles. The maximum atomic E-state index is 6.03. The molecule has 3 rings (SSSR count). The molecular weight excluding hydrogens is 316 g/mol. The first-order valence-corrected chi connectivity index (χ1v) is 6.83. The molecule has 0 aliphatic heterocycles. The molecule has 1 aliphatic carbocycles. The first-order chi connectivity index (χ1) is 8.58. The third-order valence-electron chi connectivity index (χ3n) is 3.10. The Balaban J connectivity index is 2.16. The van der Waals surface area contributed by atoms with Crippen LogP contribution >= 0.6 is 27.5 Å². The molecule has 1 heterocycles. The lowest BCUT2D eigenvalue weighted by Crippen LogP contribution is -2.14. The molecule has 0 bridgehead atoms. The number of anilines is 1. The van der Waals surface area contributed by atoms with E-state index in [0.29, 0.717) is 22.5 Å². The van der Waals surface area contributed by atoms with Crippen molar-refractivity contribution in [3.05, 3.63) is 33.5 Å². The summed E-state index contributed by atoms with van der Waals surface area (Å²) in [6.07, 6.45) is 2.26. The van der Waals surface area contributed by atoms with E-state index in [9.17, 15) is 0 Å². The van der Waals surface area contributed by atoms with Crippen molar-refractivity contribution in [3.63, 3.8) is 0 Å². The summed E-state index contributed by atoms with van der Waals surface area (Å²) in [6, 6.07) is 5.52. The number of imidazole rings is 1. The highest BCUT2D eigenvalue weighted by Crippen LogP contribution is 2.42. The van der Waals surface area contributed by atoms with Crippen LogP contribution in [0.3, 0.4) is 0 Å². The van der Waals surface area contributed by atoms with Gasteiger partial charge in [0, 0.05) is 21.0 Å². The van der Waals surface area contributed by atoms with Crippen LogP contribution in [0.1, 0.15) is 24.6 Å². The molecule has 6 heteroatoms. The molecule has 0 unspecified atom stereocenters. The molecule has 2 aromatic rings. The number of nitrogens with zero attached hydrogens (tertiary/aromatic N) is 2. The summed E-state index contributed by atoms with van der Waals surface area (Å²) in [5.41, 5.74) is 7.59. The molecule has 0 radical (unpaired) electrons. The van der Waals surface area contributed by atoms with Crippen molar-refractivity contribution in [2.45, 2.75) is 18.8 Å². The van der Waals surface area contributed by atoms with Gasteiger partial charge in [-0.15, -0.1) is 0 Å². The van der Waals surface area contributed by atoms with E-state index in [1.807, 2.05) is 18.2 Å². The predicted octanol–water partition coefficient (Wildman–Crippen LogP) is 3.14. The fourth-order valence-corrected chi connectivity index (χ4v) is 2.58. The summed E-state index contributed by atoms with van der Waals surface area (Å²) < 4.78 is 2.39. The molecule has 1 saturated carbocycles. The van der Waals surface area contributed by atoms with Crippen LogP contribution in [0.25, 0.3) is 11.3 Å². The van der Waals surface area contributed by atoms with Gasteiger partial charge in [0.05, 0.1) is 0 Å². The Hall–Kier alpha value is -1.20. The third kappa shape index (κ3) is 1.87. The normalized spacial score (nSPS) is 15.0. The van der Waals surface area contributed by atoms with Gasteiger partial charge in [0.15, 0.2) is 5.82 Å². The standard InChI is InChI=1S/C12H12BrClN4/c13-9-4-3-7(14)5-8(9)10-11(15)18(16)12(17-10)6-1-2-6/h3-6H,1-2,15-16H2. The highest BCUT2D eigenvalue weighted by atomic mass is 79.9. The van der Waals surface area contributed by atoms with Gasteiger partial charge in [-0.05, 0) is 31.0 Å². The quantitative estimate of drug-likeness (QED) is 0.833. The van der Waals surface area contributed by atoms with Gasteiger partial charge in [-0.2, -0.15) is 0 Å². The molecule has 0 atom stereocenters.